The van der Waals surface area contributed by atoms with Crippen molar-refractivity contribution in [1.29, 1.82) is 0 Å². The summed E-state index contributed by atoms with van der Waals surface area (Å²) < 4.78 is 4.79. The summed E-state index contributed by atoms with van der Waals surface area (Å²) in [4.78, 5) is 4.94. The van der Waals surface area contributed by atoms with Crippen molar-refractivity contribution >= 4 is 38.5 Å². The summed E-state index contributed by atoms with van der Waals surface area (Å²) in [6, 6.07) is 17.7. The summed E-state index contributed by atoms with van der Waals surface area (Å²) >= 11 is 0. The fraction of sp³-hybridized carbons (Fsp3) is 0.280. The zero-order valence-corrected chi connectivity index (χ0v) is 16.4. The molecule has 0 radical (unpaired) electrons. The summed E-state index contributed by atoms with van der Waals surface area (Å²) in [5.74, 6) is 0.655. The molecule has 3 aromatic heterocycles. The van der Waals surface area contributed by atoms with Crippen molar-refractivity contribution in [3.8, 4) is 0 Å². The van der Waals surface area contributed by atoms with E-state index in [-0.39, 0.29) is 0 Å². The van der Waals surface area contributed by atoms with Gasteiger partial charge in [0.2, 0.25) is 0 Å². The van der Waals surface area contributed by atoms with Crippen LogP contribution in [-0.2, 0) is 7.05 Å². The van der Waals surface area contributed by atoms with Crippen molar-refractivity contribution in [3.63, 3.8) is 0 Å². The van der Waals surface area contributed by atoms with Crippen molar-refractivity contribution in [1.82, 2.24) is 9.38 Å². The van der Waals surface area contributed by atoms with Crippen molar-refractivity contribution in [3.05, 3.63) is 65.9 Å². The van der Waals surface area contributed by atoms with Crippen LogP contribution >= 0.6 is 0 Å². The highest BCUT2D eigenvalue weighted by Gasteiger charge is 2.28. The predicted molar refractivity (Wildman–Crippen MR) is 115 cm³/mol. The number of hydrogen-bond donors (Lipinski definition) is 0. The Morgan fingerprint density at radius 1 is 0.929 bits per heavy atom. The molecule has 138 valence electrons. The number of fused-ring (bicyclic) bond motifs is 8. The third-order valence-electron chi connectivity index (χ3n) is 6.74. The van der Waals surface area contributed by atoms with Gasteiger partial charge >= 0.3 is 0 Å². The molecule has 0 bridgehead atoms. The normalized spacial score (nSPS) is 15.5. The van der Waals surface area contributed by atoms with Gasteiger partial charge in [0, 0.05) is 6.20 Å². The van der Waals surface area contributed by atoms with E-state index in [1.165, 1.54) is 69.8 Å². The van der Waals surface area contributed by atoms with E-state index in [4.69, 9.17) is 4.98 Å². The molecule has 1 aliphatic carbocycles. The largest absolute Gasteiger partial charge is 0.297 e. The molecule has 0 unspecified atom stereocenters. The van der Waals surface area contributed by atoms with E-state index in [1.54, 1.807) is 0 Å². The summed E-state index contributed by atoms with van der Waals surface area (Å²) in [6.07, 6.45) is 7.25. The quantitative estimate of drug-likeness (QED) is 0.280. The molecule has 0 spiro atoms. The minimum atomic E-state index is 0.655. The summed E-state index contributed by atoms with van der Waals surface area (Å²) in [5, 5.41) is 2.63. The van der Waals surface area contributed by atoms with Crippen LogP contribution in [0.3, 0.4) is 0 Å². The molecule has 3 heteroatoms. The van der Waals surface area contributed by atoms with Gasteiger partial charge in [0.1, 0.15) is 5.52 Å². The minimum absolute atomic E-state index is 0.655. The lowest BCUT2D eigenvalue weighted by Crippen LogP contribution is -2.27. The van der Waals surface area contributed by atoms with Gasteiger partial charge in [0.25, 0.3) is 5.65 Å². The van der Waals surface area contributed by atoms with Gasteiger partial charge in [-0.25, -0.2) is 4.57 Å². The van der Waals surface area contributed by atoms with Crippen molar-refractivity contribution in [2.45, 2.75) is 38.5 Å². The molecule has 6 rings (SSSR count). The van der Waals surface area contributed by atoms with Crippen LogP contribution < -0.4 is 4.57 Å². The average molecular weight is 366 g/mol. The zero-order chi connectivity index (χ0) is 18.8. The van der Waals surface area contributed by atoms with Crippen LogP contribution in [0.4, 0.5) is 0 Å². The Hall–Kier alpha value is -2.94. The Balaban J connectivity index is 1.95. The second kappa shape index (κ2) is 5.78. The third-order valence-corrected chi connectivity index (χ3v) is 6.74. The van der Waals surface area contributed by atoms with E-state index in [2.05, 4.69) is 71.5 Å². The van der Waals surface area contributed by atoms with Gasteiger partial charge in [0.05, 0.1) is 23.3 Å². The van der Waals surface area contributed by atoms with E-state index >= 15 is 0 Å². The molecule has 0 aliphatic heterocycles. The minimum Gasteiger partial charge on any atom is -0.255 e. The van der Waals surface area contributed by atoms with Crippen molar-refractivity contribution in [2.24, 2.45) is 7.05 Å². The third kappa shape index (κ3) is 1.99. The van der Waals surface area contributed by atoms with Crippen LogP contribution in [0.1, 0.15) is 42.7 Å². The maximum absolute atomic E-state index is 4.94. The second-order valence-electron chi connectivity index (χ2n) is 8.28. The van der Waals surface area contributed by atoms with Crippen LogP contribution in [0.2, 0.25) is 0 Å². The molecule has 0 N–H and O–H groups in total. The number of para-hydroxylation sites is 2. The molecule has 28 heavy (non-hydrogen) atoms. The van der Waals surface area contributed by atoms with Gasteiger partial charge in [-0.15, -0.1) is 0 Å². The predicted octanol–water partition coefficient (Wildman–Crippen LogP) is 5.58. The van der Waals surface area contributed by atoms with Gasteiger partial charge in [-0.1, -0.05) is 37.1 Å². The number of rotatable bonds is 1. The average Bonchev–Trinajstić information content (AvgIpc) is 3.35. The zero-order valence-electron chi connectivity index (χ0n) is 16.4. The molecule has 3 heterocycles. The Bertz CT molecular complexity index is 1390. The maximum Gasteiger partial charge on any atom is 0.297 e. The van der Waals surface area contributed by atoms with Gasteiger partial charge in [-0.3, -0.25) is 4.98 Å². The fourth-order valence-electron chi connectivity index (χ4n) is 5.45. The number of aryl methyl sites for hydroxylation is 2. The van der Waals surface area contributed by atoms with Crippen LogP contribution in [0.15, 0.2) is 54.7 Å². The standard InChI is InChI=1S/C25H24N3/c1-16-14-15-26-24-22(16)25-27(2)19-11-5-6-12-20(19)28(25)21-13-7-10-18(23(21)24)17-8-3-4-9-17/h5-7,10-15,17H,3-4,8-9H2,1-2H3/q+1. The highest BCUT2D eigenvalue weighted by molar-refractivity contribution is 6.13. The molecular weight excluding hydrogens is 342 g/mol. The first-order chi connectivity index (χ1) is 13.8. The summed E-state index contributed by atoms with van der Waals surface area (Å²) in [7, 11) is 2.18. The molecule has 3 nitrogen and oxygen atoms in total. The number of aromatic nitrogens is 3. The number of hydrogen-bond acceptors (Lipinski definition) is 1. The monoisotopic (exact) mass is 366 g/mol. The lowest BCUT2D eigenvalue weighted by Gasteiger charge is -2.14. The molecule has 2 aromatic carbocycles. The lowest BCUT2D eigenvalue weighted by molar-refractivity contribution is -0.617. The van der Waals surface area contributed by atoms with E-state index in [9.17, 15) is 0 Å². The molecule has 1 fully saturated rings. The molecule has 0 saturated heterocycles. The summed E-state index contributed by atoms with van der Waals surface area (Å²) in [5.41, 5.74) is 8.96. The molecule has 0 amide bonds. The Morgan fingerprint density at radius 2 is 1.71 bits per heavy atom. The van der Waals surface area contributed by atoms with Crippen LogP contribution in [0.25, 0.3) is 38.5 Å². The van der Waals surface area contributed by atoms with Crippen LogP contribution in [0, 0.1) is 6.92 Å². The van der Waals surface area contributed by atoms with Gasteiger partial charge in [-0.2, -0.15) is 4.40 Å². The first kappa shape index (κ1) is 16.1. The van der Waals surface area contributed by atoms with E-state index < -0.39 is 0 Å². The van der Waals surface area contributed by atoms with E-state index in [0.717, 1.165) is 5.52 Å². The first-order valence-corrected chi connectivity index (χ1v) is 10.3. The highest BCUT2D eigenvalue weighted by Crippen LogP contribution is 2.41. The topological polar surface area (TPSA) is 21.2 Å². The second-order valence-corrected chi connectivity index (χ2v) is 8.28. The molecule has 0 atom stereocenters. The lowest BCUT2D eigenvalue weighted by atomic mass is 9.92. The number of benzene rings is 2. The number of nitrogens with zero attached hydrogens (tertiary/aromatic N) is 3. The maximum atomic E-state index is 4.94. The fourth-order valence-corrected chi connectivity index (χ4v) is 5.45. The van der Waals surface area contributed by atoms with Crippen molar-refractivity contribution in [2.75, 3.05) is 0 Å². The van der Waals surface area contributed by atoms with E-state index in [0.29, 0.717) is 5.92 Å². The first-order valence-electron chi connectivity index (χ1n) is 10.3. The number of imidazole rings is 1. The van der Waals surface area contributed by atoms with Crippen LogP contribution in [0.5, 0.6) is 0 Å². The van der Waals surface area contributed by atoms with E-state index in [1.807, 2.05) is 6.20 Å². The smallest absolute Gasteiger partial charge is 0.255 e. The van der Waals surface area contributed by atoms with Crippen molar-refractivity contribution < 1.29 is 4.57 Å². The Labute approximate surface area is 164 Å². The summed E-state index contributed by atoms with van der Waals surface area (Å²) in [6.45, 7) is 2.21. The molecule has 5 aromatic rings. The van der Waals surface area contributed by atoms with Crippen LogP contribution in [-0.4, -0.2) is 9.38 Å². The molecule has 1 saturated carbocycles. The Kier molecular flexibility index (Phi) is 3.31. The SMILES string of the molecule is Cc1ccnc2c3c(C4CCCC4)cccc3n3c4ccccc4[n+](C)c3c12. The van der Waals surface area contributed by atoms with Gasteiger partial charge in [0.15, 0.2) is 11.0 Å². The highest BCUT2D eigenvalue weighted by atomic mass is 15.1. The van der Waals surface area contributed by atoms with Gasteiger partial charge < -0.3 is 0 Å². The Morgan fingerprint density at radius 3 is 2.57 bits per heavy atom. The molecular formula is C25H24N3+. The molecule has 1 aliphatic rings. The van der Waals surface area contributed by atoms with Gasteiger partial charge in [-0.05, 0) is 61.1 Å². The number of pyridine rings is 2.